The normalized spacial score (nSPS) is 23.8. The molecule has 5 N–H and O–H groups in total. The lowest BCUT2D eigenvalue weighted by atomic mass is 9.65. The first-order valence-electron chi connectivity index (χ1n) is 25.5. The van der Waals surface area contributed by atoms with Crippen molar-refractivity contribution in [3.05, 3.63) is 203 Å². The number of ether oxygens (including phenoxy) is 2. The van der Waals surface area contributed by atoms with E-state index in [9.17, 15) is 15.3 Å². The van der Waals surface area contributed by atoms with Crippen molar-refractivity contribution in [2.45, 2.75) is 92.8 Å². The first-order chi connectivity index (χ1) is 36.0. The number of anilines is 1. The zero-order valence-corrected chi connectivity index (χ0v) is 41.2. The fourth-order valence-corrected chi connectivity index (χ4v) is 11.7. The number of morpholine rings is 1. The summed E-state index contributed by atoms with van der Waals surface area (Å²) in [4.78, 5) is 66.5. The summed E-state index contributed by atoms with van der Waals surface area (Å²) in [6, 6.07) is 44.3. The van der Waals surface area contributed by atoms with Gasteiger partial charge in [-0.15, -0.1) is 0 Å². The van der Waals surface area contributed by atoms with E-state index in [1.807, 2.05) is 109 Å². The Morgan fingerprint density at radius 3 is 2.00 bits per heavy atom. The van der Waals surface area contributed by atoms with Crippen LogP contribution in [0.5, 0.6) is 5.75 Å². The molecule has 13 heteroatoms. The van der Waals surface area contributed by atoms with E-state index in [2.05, 4.69) is 22.5 Å². The molecule has 0 bridgehead atoms. The molecule has 8 unspecified atom stereocenters. The standard InChI is InChI=1S/C61H60N4O9/c1-40(42-18-8-4-9-19-42)63-59(71)64-49-31-26-41(32-35-60(72)33-16-2-3-17-34-60)38-48(49)61(58(64)70)51(56(68)62-39-50(67)43-20-10-5-11-21-43)53-57(69)74-54(45-24-14-7-15-25-45)52(44-22-12-6-13-23-44)65(53)55(61)46-27-29-47(30-28-46)73-37-36-66/h4-15,18-31,38,40,50-55,66-67,72H,2-3,16-17,33-34,36-37,39H2,1H3,(H,62,68)(H,63,71). The maximum absolute atomic E-state index is 16.8. The van der Waals surface area contributed by atoms with E-state index in [0.717, 1.165) is 41.7 Å². The van der Waals surface area contributed by atoms with Gasteiger partial charge >= 0.3 is 12.0 Å². The fourth-order valence-electron chi connectivity index (χ4n) is 11.7. The highest BCUT2D eigenvalue weighted by atomic mass is 16.6. The quantitative estimate of drug-likeness (QED) is 0.0454. The van der Waals surface area contributed by atoms with Crippen molar-refractivity contribution in [1.29, 1.82) is 0 Å². The number of cyclic esters (lactones) is 1. The summed E-state index contributed by atoms with van der Waals surface area (Å²) in [7, 11) is 0. The third-order valence-corrected chi connectivity index (χ3v) is 15.2. The molecular weight excluding hydrogens is 933 g/mol. The fraction of sp³-hybridized carbons (Fsp3) is 0.311. The van der Waals surface area contributed by atoms with Crippen molar-refractivity contribution in [3.63, 3.8) is 0 Å². The molecule has 6 aromatic carbocycles. The minimum atomic E-state index is -2.10. The summed E-state index contributed by atoms with van der Waals surface area (Å²) in [5.41, 5.74) is 0.779. The first kappa shape index (κ1) is 50.0. The summed E-state index contributed by atoms with van der Waals surface area (Å²) in [5, 5.41) is 39.1. The number of nitrogens with zero attached hydrogens (tertiary/aromatic N) is 2. The predicted molar refractivity (Wildman–Crippen MR) is 278 cm³/mol. The number of esters is 1. The summed E-state index contributed by atoms with van der Waals surface area (Å²) in [6.07, 6.45) is 2.50. The monoisotopic (exact) mass is 992 g/mol. The molecule has 74 heavy (non-hydrogen) atoms. The molecule has 1 spiro atoms. The van der Waals surface area contributed by atoms with E-state index in [0.29, 0.717) is 40.8 Å². The van der Waals surface area contributed by atoms with E-state index in [-0.39, 0.29) is 31.0 Å². The van der Waals surface area contributed by atoms with Crippen LogP contribution < -0.4 is 20.3 Å². The molecule has 2 saturated heterocycles. The molecule has 3 heterocycles. The number of nitrogens with one attached hydrogen (secondary N) is 2. The first-order valence-corrected chi connectivity index (χ1v) is 25.5. The number of aliphatic hydroxyl groups is 3. The second-order valence-corrected chi connectivity index (χ2v) is 19.7. The number of benzene rings is 6. The highest BCUT2D eigenvalue weighted by Crippen LogP contribution is 2.66. The van der Waals surface area contributed by atoms with Crippen molar-refractivity contribution in [1.82, 2.24) is 15.5 Å². The van der Waals surface area contributed by atoms with Gasteiger partial charge in [-0.25, -0.2) is 9.69 Å². The Balaban J connectivity index is 1.24. The van der Waals surface area contributed by atoms with Crippen LogP contribution >= 0.6 is 0 Å². The van der Waals surface area contributed by atoms with Gasteiger partial charge in [-0.2, -0.15) is 0 Å². The molecule has 4 aliphatic rings. The van der Waals surface area contributed by atoms with Gasteiger partial charge in [-0.05, 0) is 96.3 Å². The number of hydrogen-bond acceptors (Lipinski definition) is 10. The van der Waals surface area contributed by atoms with Gasteiger partial charge in [-0.3, -0.25) is 19.3 Å². The third kappa shape index (κ3) is 9.46. The Bertz CT molecular complexity index is 3030. The molecule has 4 amide bonds. The van der Waals surface area contributed by atoms with Crippen LogP contribution in [0.2, 0.25) is 0 Å². The van der Waals surface area contributed by atoms with Gasteiger partial charge in [0.1, 0.15) is 35.5 Å². The second kappa shape index (κ2) is 21.5. The zero-order chi connectivity index (χ0) is 51.4. The molecular formula is C61H60N4O9. The Morgan fingerprint density at radius 2 is 1.36 bits per heavy atom. The number of hydrogen-bond donors (Lipinski definition) is 5. The highest BCUT2D eigenvalue weighted by molar-refractivity contribution is 6.24. The Kier molecular flexibility index (Phi) is 14.5. The molecule has 3 fully saturated rings. The molecule has 8 atom stereocenters. The minimum absolute atomic E-state index is 0.0228. The highest BCUT2D eigenvalue weighted by Gasteiger charge is 2.75. The molecule has 3 aliphatic heterocycles. The maximum atomic E-state index is 16.8. The average molecular weight is 993 g/mol. The van der Waals surface area contributed by atoms with Gasteiger partial charge < -0.3 is 35.4 Å². The summed E-state index contributed by atoms with van der Waals surface area (Å²) in [6.45, 7) is 1.33. The third-order valence-electron chi connectivity index (χ3n) is 15.2. The van der Waals surface area contributed by atoms with Gasteiger partial charge in [0.15, 0.2) is 0 Å². The molecule has 1 aliphatic carbocycles. The van der Waals surface area contributed by atoms with Crippen molar-refractivity contribution in [2.24, 2.45) is 5.92 Å². The largest absolute Gasteiger partial charge is 0.491 e. The van der Waals surface area contributed by atoms with Crippen molar-refractivity contribution < 1.29 is 44.0 Å². The number of carbonyl (C=O) groups is 4. The molecule has 1 saturated carbocycles. The van der Waals surface area contributed by atoms with Gasteiger partial charge in [0.2, 0.25) is 11.8 Å². The average Bonchev–Trinajstić information content (AvgIpc) is 3.78. The molecule has 0 radical (unpaired) electrons. The number of urea groups is 1. The van der Waals surface area contributed by atoms with E-state index >= 15 is 19.2 Å². The van der Waals surface area contributed by atoms with E-state index < -0.39 is 77.1 Å². The van der Waals surface area contributed by atoms with Gasteiger partial charge in [0, 0.05) is 12.1 Å². The Hall–Kier alpha value is -7.60. The lowest BCUT2D eigenvalue weighted by molar-refractivity contribution is -0.178. The molecule has 13 nitrogen and oxygen atoms in total. The molecule has 6 aromatic rings. The minimum Gasteiger partial charge on any atom is -0.491 e. The summed E-state index contributed by atoms with van der Waals surface area (Å²) < 4.78 is 12.5. The van der Waals surface area contributed by atoms with Crippen LogP contribution in [0, 0.1) is 17.8 Å². The van der Waals surface area contributed by atoms with Gasteiger partial charge in [-0.1, -0.05) is 158 Å². The number of aliphatic hydroxyl groups excluding tert-OH is 2. The molecule has 10 rings (SSSR count). The van der Waals surface area contributed by atoms with Crippen LogP contribution in [0.3, 0.4) is 0 Å². The van der Waals surface area contributed by atoms with Gasteiger partial charge in [0.05, 0.1) is 42.4 Å². The SMILES string of the molecule is CC(NC(=O)N1C(=O)C2(c3cc(C#CC4(O)CCCCCC4)ccc31)C(C(=O)NCC(O)c1ccccc1)C1C(=O)OC(c3ccccc3)C(c3ccccc3)N1C2c1ccc(OCCO)cc1)c1ccccc1. The topological polar surface area (TPSA) is 178 Å². The number of imide groups is 1. The van der Waals surface area contributed by atoms with Crippen molar-refractivity contribution in [2.75, 3.05) is 24.7 Å². The Labute approximate surface area is 431 Å². The summed E-state index contributed by atoms with van der Waals surface area (Å²) >= 11 is 0. The van der Waals surface area contributed by atoms with Crippen LogP contribution in [0.15, 0.2) is 164 Å². The lowest BCUT2D eigenvalue weighted by Crippen LogP contribution is -2.56. The Morgan fingerprint density at radius 1 is 0.757 bits per heavy atom. The van der Waals surface area contributed by atoms with Crippen molar-refractivity contribution >= 4 is 29.5 Å². The lowest BCUT2D eigenvalue weighted by Gasteiger charge is -2.46. The van der Waals surface area contributed by atoms with E-state index in [4.69, 9.17) is 9.47 Å². The molecule has 378 valence electrons. The predicted octanol–water partition coefficient (Wildman–Crippen LogP) is 8.48. The van der Waals surface area contributed by atoms with Crippen LogP contribution in [0.25, 0.3) is 0 Å². The van der Waals surface area contributed by atoms with Crippen molar-refractivity contribution in [3.8, 4) is 17.6 Å². The maximum Gasteiger partial charge on any atom is 0.329 e. The summed E-state index contributed by atoms with van der Waals surface area (Å²) in [5.74, 6) is 2.98. The molecule has 0 aromatic heterocycles. The van der Waals surface area contributed by atoms with E-state index in [1.165, 1.54) is 0 Å². The number of amides is 4. The van der Waals surface area contributed by atoms with Crippen LogP contribution in [0.4, 0.5) is 10.5 Å². The smallest absolute Gasteiger partial charge is 0.329 e. The zero-order valence-electron chi connectivity index (χ0n) is 41.2. The van der Waals surface area contributed by atoms with Crippen LogP contribution in [-0.2, 0) is 24.5 Å². The van der Waals surface area contributed by atoms with Crippen LogP contribution in [0.1, 0.15) is 115 Å². The number of fused-ring (bicyclic) bond motifs is 3. The second-order valence-electron chi connectivity index (χ2n) is 19.7. The van der Waals surface area contributed by atoms with E-state index in [1.54, 1.807) is 66.7 Å². The number of rotatable bonds is 12. The van der Waals surface area contributed by atoms with Gasteiger partial charge in [0.25, 0.3) is 0 Å². The number of carbonyl (C=O) groups excluding carboxylic acids is 4. The van der Waals surface area contributed by atoms with Crippen LogP contribution in [-0.4, -0.2) is 75.4 Å².